The number of rotatable bonds is 18. The number of Topliss-reactive ketones (excluding diaryl/α,β-unsaturated/α-hetero) is 1. The summed E-state index contributed by atoms with van der Waals surface area (Å²) in [5.74, 6) is 0.0580. The Morgan fingerprint density at radius 3 is 2.22 bits per heavy atom. The van der Waals surface area contributed by atoms with Crippen LogP contribution in [0.5, 0.6) is 0 Å². The summed E-state index contributed by atoms with van der Waals surface area (Å²) in [6.45, 7) is 9.85. The average Bonchev–Trinajstić information content (AvgIpc) is 2.86. The van der Waals surface area contributed by atoms with Crippen LogP contribution in [0.25, 0.3) is 0 Å². The maximum Gasteiger partial charge on any atom is 0.185 e. The number of hydrogen-bond acceptors (Lipinski definition) is 5. The second kappa shape index (κ2) is 16.5. The maximum atomic E-state index is 12.7. The average molecular weight is 532 g/mol. The van der Waals surface area contributed by atoms with Crippen molar-refractivity contribution in [3.63, 3.8) is 0 Å². The standard InChI is InChI=1S/C29H40Cl2N4O/c1-4-22(2)12-8-5-6-10-20-35(3)21-11-7-9-13-26(36)27-29(32)33-25(28(31)34-27)19-16-23-14-17-24(30)18-15-23/h4,14-15,17-18H,1-2,5-13,16,19-21H2,3H3,(H2,32,33). The van der Waals surface area contributed by atoms with Gasteiger partial charge in [0.2, 0.25) is 0 Å². The molecule has 2 aromatic rings. The zero-order valence-electron chi connectivity index (χ0n) is 21.6. The first kappa shape index (κ1) is 30.0. The summed E-state index contributed by atoms with van der Waals surface area (Å²) in [6, 6.07) is 7.63. The lowest BCUT2D eigenvalue weighted by atomic mass is 10.1. The molecule has 0 spiro atoms. The van der Waals surface area contributed by atoms with Crippen LogP contribution in [0.3, 0.4) is 0 Å². The van der Waals surface area contributed by atoms with E-state index in [9.17, 15) is 4.79 Å². The largest absolute Gasteiger partial charge is 0.382 e. The summed E-state index contributed by atoms with van der Waals surface area (Å²) in [5, 5.41) is 0.942. The van der Waals surface area contributed by atoms with E-state index in [2.05, 4.69) is 35.1 Å². The number of nitrogens with zero attached hydrogens (tertiary/aromatic N) is 3. The molecule has 0 aliphatic carbocycles. The molecule has 0 unspecified atom stereocenters. The minimum Gasteiger partial charge on any atom is -0.382 e. The Balaban J connectivity index is 1.64. The number of benzene rings is 1. The van der Waals surface area contributed by atoms with Gasteiger partial charge >= 0.3 is 0 Å². The third-order valence-corrected chi connectivity index (χ3v) is 6.85. The molecule has 0 saturated heterocycles. The van der Waals surface area contributed by atoms with Crippen LogP contribution in [0, 0.1) is 0 Å². The molecule has 0 aliphatic heterocycles. The Bertz CT molecular complexity index is 992. The fraction of sp³-hybridized carbons (Fsp3) is 0.483. The molecule has 0 saturated carbocycles. The summed E-state index contributed by atoms with van der Waals surface area (Å²) >= 11 is 12.3. The van der Waals surface area contributed by atoms with Crippen molar-refractivity contribution in [1.29, 1.82) is 0 Å². The highest BCUT2D eigenvalue weighted by Crippen LogP contribution is 2.20. The first-order valence-electron chi connectivity index (χ1n) is 12.9. The highest BCUT2D eigenvalue weighted by molar-refractivity contribution is 6.30. The number of hydrogen-bond donors (Lipinski definition) is 1. The van der Waals surface area contributed by atoms with Gasteiger partial charge in [0.05, 0.1) is 5.69 Å². The predicted octanol–water partition coefficient (Wildman–Crippen LogP) is 7.52. The molecule has 0 aliphatic rings. The van der Waals surface area contributed by atoms with Crippen molar-refractivity contribution >= 4 is 34.8 Å². The third-order valence-electron chi connectivity index (χ3n) is 6.29. The third kappa shape index (κ3) is 11.2. The zero-order chi connectivity index (χ0) is 26.3. The van der Waals surface area contributed by atoms with Crippen molar-refractivity contribution < 1.29 is 4.79 Å². The number of carbonyl (C=O) groups is 1. The Labute approximate surface area is 226 Å². The summed E-state index contributed by atoms with van der Waals surface area (Å²) in [4.78, 5) is 23.7. The van der Waals surface area contributed by atoms with E-state index in [0.29, 0.717) is 23.6 Å². The molecule has 2 rings (SSSR count). The molecule has 0 radical (unpaired) electrons. The van der Waals surface area contributed by atoms with Crippen LogP contribution < -0.4 is 5.73 Å². The Morgan fingerprint density at radius 1 is 0.944 bits per heavy atom. The number of unbranched alkanes of at least 4 members (excludes halogenated alkanes) is 5. The fourth-order valence-electron chi connectivity index (χ4n) is 4.01. The molecular weight excluding hydrogens is 491 g/mol. The van der Waals surface area contributed by atoms with Crippen LogP contribution in [0.1, 0.15) is 79.5 Å². The van der Waals surface area contributed by atoms with Crippen molar-refractivity contribution in [1.82, 2.24) is 14.9 Å². The lowest BCUT2D eigenvalue weighted by Crippen LogP contribution is -2.21. The van der Waals surface area contributed by atoms with Gasteiger partial charge in [-0.2, -0.15) is 0 Å². The van der Waals surface area contributed by atoms with Crippen LogP contribution in [-0.4, -0.2) is 40.8 Å². The minimum absolute atomic E-state index is 0.0985. The van der Waals surface area contributed by atoms with Crippen molar-refractivity contribution in [3.05, 3.63) is 76.2 Å². The number of nitrogen functional groups attached to an aromatic ring is 1. The zero-order valence-corrected chi connectivity index (χ0v) is 23.1. The number of halogens is 2. The minimum atomic E-state index is -0.0985. The molecule has 7 heteroatoms. The monoisotopic (exact) mass is 530 g/mol. The number of ketones is 1. The van der Waals surface area contributed by atoms with Crippen molar-refractivity contribution in [3.8, 4) is 0 Å². The van der Waals surface area contributed by atoms with Gasteiger partial charge in [-0.25, -0.2) is 9.97 Å². The van der Waals surface area contributed by atoms with Crippen LogP contribution in [-0.2, 0) is 12.8 Å². The van der Waals surface area contributed by atoms with E-state index >= 15 is 0 Å². The van der Waals surface area contributed by atoms with Gasteiger partial charge in [-0.15, -0.1) is 0 Å². The summed E-state index contributed by atoms with van der Waals surface area (Å²) in [5.41, 5.74) is 9.10. The fourth-order valence-corrected chi connectivity index (χ4v) is 4.35. The van der Waals surface area contributed by atoms with E-state index in [0.717, 1.165) is 56.3 Å². The second-order valence-corrected chi connectivity index (χ2v) is 10.2. The molecule has 196 valence electrons. The molecule has 2 N–H and O–H groups in total. The Kier molecular flexibility index (Phi) is 13.8. The van der Waals surface area contributed by atoms with Gasteiger partial charge in [0.25, 0.3) is 0 Å². The molecule has 0 atom stereocenters. The SMILES string of the molecule is C=CC(=C)CCCCCCN(C)CCCCCC(=O)c1nc(Cl)c(CCc2ccc(Cl)cc2)nc1N. The normalized spacial score (nSPS) is 11.1. The Morgan fingerprint density at radius 2 is 1.56 bits per heavy atom. The highest BCUT2D eigenvalue weighted by Gasteiger charge is 2.17. The molecule has 1 heterocycles. The quantitative estimate of drug-likeness (QED) is 0.122. The number of aryl methyl sites for hydroxylation is 2. The molecule has 0 bridgehead atoms. The first-order chi connectivity index (χ1) is 17.3. The number of anilines is 1. The van der Waals surface area contributed by atoms with E-state index in [1.54, 1.807) is 0 Å². The second-order valence-electron chi connectivity index (χ2n) is 9.39. The van der Waals surface area contributed by atoms with Gasteiger partial charge in [0.15, 0.2) is 16.8 Å². The lowest BCUT2D eigenvalue weighted by molar-refractivity contribution is 0.0974. The van der Waals surface area contributed by atoms with E-state index in [4.69, 9.17) is 28.9 Å². The summed E-state index contributed by atoms with van der Waals surface area (Å²) in [6.07, 6.45) is 12.4. The number of aromatic nitrogens is 2. The molecule has 36 heavy (non-hydrogen) atoms. The van der Waals surface area contributed by atoms with Gasteiger partial charge in [-0.05, 0) is 82.8 Å². The summed E-state index contributed by atoms with van der Waals surface area (Å²) < 4.78 is 0. The van der Waals surface area contributed by atoms with Crippen molar-refractivity contribution in [2.24, 2.45) is 0 Å². The van der Waals surface area contributed by atoms with Gasteiger partial charge in [0.1, 0.15) is 5.69 Å². The smallest absolute Gasteiger partial charge is 0.185 e. The molecular formula is C29H40Cl2N4O. The van der Waals surface area contributed by atoms with Gasteiger partial charge < -0.3 is 10.6 Å². The van der Waals surface area contributed by atoms with Gasteiger partial charge in [-0.1, -0.05) is 79.4 Å². The maximum absolute atomic E-state index is 12.7. The van der Waals surface area contributed by atoms with E-state index < -0.39 is 0 Å². The highest BCUT2D eigenvalue weighted by atomic mass is 35.5. The van der Waals surface area contributed by atoms with Crippen LogP contribution >= 0.6 is 23.2 Å². The van der Waals surface area contributed by atoms with E-state index in [1.807, 2.05) is 30.3 Å². The van der Waals surface area contributed by atoms with Crippen LogP contribution in [0.15, 0.2) is 49.1 Å². The van der Waals surface area contributed by atoms with E-state index in [1.165, 1.54) is 25.7 Å². The molecule has 1 aromatic heterocycles. The van der Waals surface area contributed by atoms with Crippen molar-refractivity contribution in [2.45, 2.75) is 70.6 Å². The van der Waals surface area contributed by atoms with Crippen LogP contribution in [0.2, 0.25) is 10.2 Å². The van der Waals surface area contributed by atoms with Gasteiger partial charge in [0, 0.05) is 11.4 Å². The molecule has 5 nitrogen and oxygen atoms in total. The number of nitrogens with two attached hydrogens (primary N) is 1. The first-order valence-corrected chi connectivity index (χ1v) is 13.6. The molecule has 1 aromatic carbocycles. The van der Waals surface area contributed by atoms with E-state index in [-0.39, 0.29) is 22.4 Å². The summed E-state index contributed by atoms with van der Waals surface area (Å²) in [7, 11) is 2.16. The molecule has 0 amide bonds. The van der Waals surface area contributed by atoms with Crippen molar-refractivity contribution in [2.75, 3.05) is 25.9 Å². The predicted molar refractivity (Wildman–Crippen MR) is 153 cm³/mol. The molecule has 0 fully saturated rings. The van der Waals surface area contributed by atoms with Gasteiger partial charge in [-0.3, -0.25) is 4.79 Å². The number of carbonyl (C=O) groups excluding carboxylic acids is 1. The topological polar surface area (TPSA) is 72.1 Å². The lowest BCUT2D eigenvalue weighted by Gasteiger charge is -2.16. The van der Waals surface area contributed by atoms with Crippen LogP contribution in [0.4, 0.5) is 5.82 Å². The Hall–Kier alpha value is -2.21. The number of allylic oxidation sites excluding steroid dienone is 2.